The molecule has 0 spiro atoms. The smallest absolute Gasteiger partial charge is 0.178 e. The number of hydrogen-bond acceptors (Lipinski definition) is 2. The Kier molecular flexibility index (Phi) is 3.75. The van der Waals surface area contributed by atoms with E-state index in [1.54, 1.807) is 6.07 Å². The lowest BCUT2D eigenvalue weighted by Gasteiger charge is -2.20. The SMILES string of the molecule is CC(Cn1c(=S)[nH]c2cc(F)c(Cl)cc21)N(C)C. The Balaban J connectivity index is 2.53. The number of aromatic amines is 1. The molecule has 0 radical (unpaired) electrons. The molecule has 0 fully saturated rings. The molecule has 2 aromatic rings. The highest BCUT2D eigenvalue weighted by Gasteiger charge is 2.12. The lowest BCUT2D eigenvalue weighted by molar-refractivity contribution is 0.285. The van der Waals surface area contributed by atoms with E-state index in [0.717, 1.165) is 12.1 Å². The number of fused-ring (bicyclic) bond motifs is 1. The minimum absolute atomic E-state index is 0.114. The van der Waals surface area contributed by atoms with Gasteiger partial charge in [-0.2, -0.15) is 0 Å². The number of benzene rings is 1. The molecule has 6 heteroatoms. The Morgan fingerprint density at radius 3 is 2.78 bits per heavy atom. The van der Waals surface area contributed by atoms with Gasteiger partial charge in [0.2, 0.25) is 0 Å². The van der Waals surface area contributed by atoms with Gasteiger partial charge in [-0.1, -0.05) is 11.6 Å². The molecule has 1 unspecified atom stereocenters. The Hall–Kier alpha value is -0.910. The molecule has 0 aliphatic heterocycles. The number of halogens is 2. The van der Waals surface area contributed by atoms with Gasteiger partial charge in [-0.25, -0.2) is 4.39 Å². The number of nitrogens with zero attached hydrogens (tertiary/aromatic N) is 2. The summed E-state index contributed by atoms with van der Waals surface area (Å²) in [6.45, 7) is 2.83. The molecule has 0 saturated carbocycles. The van der Waals surface area contributed by atoms with Crippen LogP contribution in [0.1, 0.15) is 6.92 Å². The van der Waals surface area contributed by atoms with Crippen molar-refractivity contribution < 1.29 is 4.39 Å². The van der Waals surface area contributed by atoms with E-state index in [1.807, 2.05) is 18.7 Å². The van der Waals surface area contributed by atoms with Gasteiger partial charge >= 0.3 is 0 Å². The summed E-state index contributed by atoms with van der Waals surface area (Å²) < 4.78 is 15.9. The van der Waals surface area contributed by atoms with Crippen molar-refractivity contribution in [3.63, 3.8) is 0 Å². The zero-order valence-corrected chi connectivity index (χ0v) is 12.1. The third-order valence-electron chi connectivity index (χ3n) is 3.14. The van der Waals surface area contributed by atoms with E-state index in [4.69, 9.17) is 23.8 Å². The Morgan fingerprint density at radius 2 is 2.17 bits per heavy atom. The van der Waals surface area contributed by atoms with E-state index in [0.29, 0.717) is 16.3 Å². The van der Waals surface area contributed by atoms with Crippen LogP contribution < -0.4 is 0 Å². The molecule has 1 aromatic carbocycles. The van der Waals surface area contributed by atoms with Gasteiger partial charge in [0.1, 0.15) is 5.82 Å². The highest BCUT2D eigenvalue weighted by molar-refractivity contribution is 7.71. The fourth-order valence-corrected chi connectivity index (χ4v) is 2.20. The molecule has 0 aliphatic carbocycles. The maximum Gasteiger partial charge on any atom is 0.178 e. The average molecular weight is 288 g/mol. The summed E-state index contributed by atoms with van der Waals surface area (Å²) >= 11 is 11.1. The van der Waals surface area contributed by atoms with Crippen molar-refractivity contribution in [3.8, 4) is 0 Å². The topological polar surface area (TPSA) is 24.0 Å². The van der Waals surface area contributed by atoms with Crippen LogP contribution in [-0.4, -0.2) is 34.6 Å². The molecule has 0 aliphatic rings. The van der Waals surface area contributed by atoms with Gasteiger partial charge < -0.3 is 14.5 Å². The van der Waals surface area contributed by atoms with Crippen LogP contribution in [0.25, 0.3) is 11.0 Å². The molecule has 1 heterocycles. The van der Waals surface area contributed by atoms with Gasteiger partial charge in [0.05, 0.1) is 16.1 Å². The van der Waals surface area contributed by atoms with Crippen molar-refractivity contribution >= 4 is 34.9 Å². The van der Waals surface area contributed by atoms with Gasteiger partial charge in [-0.05, 0) is 39.3 Å². The van der Waals surface area contributed by atoms with E-state index in [2.05, 4.69) is 16.8 Å². The molecule has 0 amide bonds. The number of imidazole rings is 1. The molecule has 1 aromatic heterocycles. The Bertz CT molecular complexity index is 632. The van der Waals surface area contributed by atoms with Crippen LogP contribution in [0.3, 0.4) is 0 Å². The zero-order valence-electron chi connectivity index (χ0n) is 10.5. The first-order valence-electron chi connectivity index (χ1n) is 5.64. The number of nitrogens with one attached hydrogen (secondary N) is 1. The molecular formula is C12H15ClFN3S. The summed E-state index contributed by atoms with van der Waals surface area (Å²) in [6, 6.07) is 3.31. The number of aromatic nitrogens is 2. The van der Waals surface area contributed by atoms with Gasteiger partial charge in [0, 0.05) is 18.7 Å². The highest BCUT2D eigenvalue weighted by Crippen LogP contribution is 2.23. The highest BCUT2D eigenvalue weighted by atomic mass is 35.5. The second-order valence-corrected chi connectivity index (χ2v) is 5.43. The maximum atomic E-state index is 13.4. The van der Waals surface area contributed by atoms with Gasteiger partial charge in [0.15, 0.2) is 4.77 Å². The van der Waals surface area contributed by atoms with Crippen LogP contribution >= 0.6 is 23.8 Å². The molecule has 98 valence electrons. The largest absolute Gasteiger partial charge is 0.330 e. The van der Waals surface area contributed by atoms with Gasteiger partial charge in [-0.15, -0.1) is 0 Å². The van der Waals surface area contributed by atoms with Crippen LogP contribution in [0.5, 0.6) is 0 Å². The lowest BCUT2D eigenvalue weighted by atomic mass is 10.2. The summed E-state index contributed by atoms with van der Waals surface area (Å²) in [7, 11) is 4.02. The van der Waals surface area contributed by atoms with Crippen molar-refractivity contribution in [2.75, 3.05) is 14.1 Å². The molecule has 3 nitrogen and oxygen atoms in total. The number of rotatable bonds is 3. The summed E-state index contributed by atoms with van der Waals surface area (Å²) in [6.07, 6.45) is 0. The average Bonchev–Trinajstić information content (AvgIpc) is 2.56. The first-order chi connectivity index (χ1) is 8.40. The molecule has 18 heavy (non-hydrogen) atoms. The molecule has 1 atom stereocenters. The molecule has 2 rings (SSSR count). The molecule has 0 bridgehead atoms. The monoisotopic (exact) mass is 287 g/mol. The second kappa shape index (κ2) is 4.99. The van der Waals surface area contributed by atoms with Crippen LogP contribution in [-0.2, 0) is 6.54 Å². The van der Waals surface area contributed by atoms with E-state index in [9.17, 15) is 4.39 Å². The summed E-state index contributed by atoms with van der Waals surface area (Å²) in [5.74, 6) is -0.437. The van der Waals surface area contributed by atoms with E-state index in [-0.39, 0.29) is 5.02 Å². The lowest BCUT2D eigenvalue weighted by Crippen LogP contribution is -2.29. The van der Waals surface area contributed by atoms with Crippen molar-refractivity contribution in [1.82, 2.24) is 14.5 Å². The number of likely N-dealkylation sites (N-methyl/N-ethyl adjacent to an activating group) is 1. The van der Waals surface area contributed by atoms with Crippen molar-refractivity contribution in [3.05, 3.63) is 27.7 Å². The zero-order chi connectivity index (χ0) is 13.4. The summed E-state index contributed by atoms with van der Waals surface area (Å²) in [4.78, 5) is 5.10. The van der Waals surface area contributed by atoms with E-state index >= 15 is 0 Å². The van der Waals surface area contributed by atoms with Crippen molar-refractivity contribution in [2.45, 2.75) is 19.5 Å². The summed E-state index contributed by atoms with van der Waals surface area (Å²) in [5, 5.41) is 0.114. The van der Waals surface area contributed by atoms with E-state index < -0.39 is 5.82 Å². The third-order valence-corrected chi connectivity index (χ3v) is 3.76. The molecular weight excluding hydrogens is 273 g/mol. The first kappa shape index (κ1) is 13.5. The molecule has 0 saturated heterocycles. The van der Waals surface area contributed by atoms with Gasteiger partial charge in [0.25, 0.3) is 0 Å². The summed E-state index contributed by atoms with van der Waals surface area (Å²) in [5.41, 5.74) is 1.51. The van der Waals surface area contributed by atoms with E-state index in [1.165, 1.54) is 6.07 Å². The minimum Gasteiger partial charge on any atom is -0.330 e. The minimum atomic E-state index is -0.437. The van der Waals surface area contributed by atoms with Crippen molar-refractivity contribution in [2.24, 2.45) is 0 Å². The normalized spacial score (nSPS) is 13.4. The predicted molar refractivity (Wildman–Crippen MR) is 75.2 cm³/mol. The quantitative estimate of drug-likeness (QED) is 0.875. The van der Waals surface area contributed by atoms with Crippen molar-refractivity contribution in [1.29, 1.82) is 0 Å². The standard InChI is InChI=1S/C12H15ClFN3S/c1-7(16(2)3)6-17-11-4-8(13)9(14)5-10(11)15-12(17)18/h4-5,7H,6H2,1-3H3,(H,15,18). The number of H-pyrrole nitrogens is 1. The predicted octanol–water partition coefficient (Wildman–Crippen LogP) is 3.44. The molecule has 1 N–H and O–H groups in total. The van der Waals surface area contributed by atoms with Crippen LogP contribution in [0.4, 0.5) is 4.39 Å². The fraction of sp³-hybridized carbons (Fsp3) is 0.417. The fourth-order valence-electron chi connectivity index (χ4n) is 1.76. The first-order valence-corrected chi connectivity index (χ1v) is 6.42. The van der Waals surface area contributed by atoms with Gasteiger partial charge in [-0.3, -0.25) is 0 Å². The maximum absolute atomic E-state index is 13.4. The number of hydrogen-bond donors (Lipinski definition) is 1. The van der Waals surface area contributed by atoms with Crippen LogP contribution in [0.15, 0.2) is 12.1 Å². The Morgan fingerprint density at radius 1 is 1.50 bits per heavy atom. The Labute approximate surface area is 115 Å². The van der Waals surface area contributed by atoms with Crippen LogP contribution in [0.2, 0.25) is 5.02 Å². The third kappa shape index (κ3) is 2.43. The second-order valence-electron chi connectivity index (χ2n) is 4.64. The van der Waals surface area contributed by atoms with Crippen LogP contribution in [0, 0.1) is 10.6 Å².